The highest BCUT2D eigenvalue weighted by atomic mass is 16.5. The van der Waals surface area contributed by atoms with Crippen LogP contribution in [0.3, 0.4) is 0 Å². The molecule has 3 aromatic rings. The summed E-state index contributed by atoms with van der Waals surface area (Å²) in [6, 6.07) is 13.2. The summed E-state index contributed by atoms with van der Waals surface area (Å²) >= 11 is 0. The van der Waals surface area contributed by atoms with E-state index in [1.54, 1.807) is 42.5 Å². The molecule has 2 aliphatic rings. The van der Waals surface area contributed by atoms with E-state index < -0.39 is 17.7 Å². The molecule has 2 aliphatic heterocycles. The van der Waals surface area contributed by atoms with Crippen molar-refractivity contribution in [2.75, 3.05) is 13.2 Å². The van der Waals surface area contributed by atoms with Crippen molar-refractivity contribution in [3.05, 3.63) is 82.8 Å². The minimum atomic E-state index is -0.858. The molecule has 37 heavy (non-hydrogen) atoms. The molecule has 1 fully saturated rings. The standard InChI is InChI=1S/C29H29NO7/c1-4-34-23-11-8-18(15-24(23)35-5-2)26-25(28(32)29(33)30(26)16-21-7-6-12-36-21)27(31)19-9-10-22-20(14-19)13-17(3)37-22/h6-12,14-15,17,26,31H,4-5,13,16H2,1-3H3/b27-25+. The Hall–Kier alpha value is -4.20. The Bertz CT molecular complexity index is 1360. The first-order chi connectivity index (χ1) is 17.9. The molecule has 5 rings (SSSR count). The van der Waals surface area contributed by atoms with E-state index in [4.69, 9.17) is 18.6 Å². The van der Waals surface area contributed by atoms with Crippen molar-refractivity contribution in [2.45, 2.75) is 45.9 Å². The van der Waals surface area contributed by atoms with Gasteiger partial charge in [0, 0.05) is 12.0 Å². The molecule has 2 aromatic carbocycles. The first-order valence-corrected chi connectivity index (χ1v) is 12.4. The molecule has 0 aliphatic carbocycles. The number of nitrogens with zero attached hydrogens (tertiary/aromatic N) is 1. The lowest BCUT2D eigenvalue weighted by molar-refractivity contribution is -0.140. The third kappa shape index (κ3) is 4.55. The molecule has 1 aromatic heterocycles. The van der Waals surface area contributed by atoms with Crippen molar-refractivity contribution in [2.24, 2.45) is 0 Å². The summed E-state index contributed by atoms with van der Waals surface area (Å²) < 4.78 is 22.7. The molecule has 2 atom stereocenters. The number of aliphatic hydroxyl groups is 1. The maximum absolute atomic E-state index is 13.4. The third-order valence-electron chi connectivity index (χ3n) is 6.50. The van der Waals surface area contributed by atoms with Gasteiger partial charge in [0.25, 0.3) is 11.7 Å². The molecule has 8 nitrogen and oxygen atoms in total. The van der Waals surface area contributed by atoms with E-state index in [-0.39, 0.29) is 24.0 Å². The Balaban J connectivity index is 1.64. The normalized spacial score (nSPS) is 20.1. The number of ketones is 1. The topological polar surface area (TPSA) is 98.4 Å². The highest BCUT2D eigenvalue weighted by Crippen LogP contribution is 2.43. The summed E-state index contributed by atoms with van der Waals surface area (Å²) in [5, 5.41) is 11.5. The van der Waals surface area contributed by atoms with E-state index in [2.05, 4.69) is 0 Å². The molecular weight excluding hydrogens is 474 g/mol. The number of amides is 1. The number of carbonyl (C=O) groups excluding carboxylic acids is 2. The van der Waals surface area contributed by atoms with Crippen molar-refractivity contribution in [3.63, 3.8) is 0 Å². The van der Waals surface area contributed by atoms with E-state index >= 15 is 0 Å². The second-order valence-corrected chi connectivity index (χ2v) is 9.03. The first kappa shape index (κ1) is 24.5. The third-order valence-corrected chi connectivity index (χ3v) is 6.50. The molecule has 192 valence electrons. The van der Waals surface area contributed by atoms with Gasteiger partial charge in [-0.3, -0.25) is 9.59 Å². The van der Waals surface area contributed by atoms with Gasteiger partial charge < -0.3 is 28.6 Å². The minimum absolute atomic E-state index is 0.00933. The van der Waals surface area contributed by atoms with E-state index in [9.17, 15) is 14.7 Å². The zero-order valence-corrected chi connectivity index (χ0v) is 21.0. The van der Waals surface area contributed by atoms with Crippen LogP contribution in [0.5, 0.6) is 17.2 Å². The number of Topliss-reactive ketones (excluding diaryl/α,β-unsaturated/α-hetero) is 1. The van der Waals surface area contributed by atoms with E-state index in [1.165, 1.54) is 11.2 Å². The lowest BCUT2D eigenvalue weighted by Gasteiger charge is -2.25. The zero-order chi connectivity index (χ0) is 26.1. The Kier molecular flexibility index (Phi) is 6.65. The van der Waals surface area contributed by atoms with Crippen LogP contribution in [0.1, 0.15) is 49.3 Å². The van der Waals surface area contributed by atoms with Gasteiger partial charge in [-0.15, -0.1) is 0 Å². The molecule has 0 saturated carbocycles. The summed E-state index contributed by atoms with van der Waals surface area (Å²) in [4.78, 5) is 28.1. The molecule has 1 N–H and O–H groups in total. The van der Waals surface area contributed by atoms with Crippen molar-refractivity contribution in [1.29, 1.82) is 0 Å². The number of aliphatic hydroxyl groups excluding tert-OH is 1. The molecule has 1 saturated heterocycles. The van der Waals surface area contributed by atoms with Gasteiger partial charge >= 0.3 is 0 Å². The zero-order valence-electron chi connectivity index (χ0n) is 21.0. The molecule has 8 heteroatoms. The van der Waals surface area contributed by atoms with Gasteiger partial charge in [-0.25, -0.2) is 0 Å². The quantitative estimate of drug-likeness (QED) is 0.262. The van der Waals surface area contributed by atoms with Crippen molar-refractivity contribution >= 4 is 17.4 Å². The predicted molar refractivity (Wildman–Crippen MR) is 136 cm³/mol. The monoisotopic (exact) mass is 503 g/mol. The molecular formula is C29H29NO7. The molecule has 0 bridgehead atoms. The number of fused-ring (bicyclic) bond motifs is 1. The first-order valence-electron chi connectivity index (χ1n) is 12.4. The van der Waals surface area contributed by atoms with Gasteiger partial charge in [-0.2, -0.15) is 0 Å². The van der Waals surface area contributed by atoms with Crippen LogP contribution in [-0.4, -0.2) is 41.0 Å². The molecule has 2 unspecified atom stereocenters. The van der Waals surface area contributed by atoms with Crippen molar-refractivity contribution < 1.29 is 33.3 Å². The number of likely N-dealkylation sites (tertiary alicyclic amines) is 1. The fourth-order valence-corrected chi connectivity index (χ4v) is 4.92. The van der Waals surface area contributed by atoms with Crippen LogP contribution in [0.4, 0.5) is 0 Å². The van der Waals surface area contributed by atoms with Gasteiger partial charge in [-0.05, 0) is 74.4 Å². The number of furan rings is 1. The van der Waals surface area contributed by atoms with Gasteiger partial charge in [0.05, 0.1) is 37.6 Å². The summed E-state index contributed by atoms with van der Waals surface area (Å²) in [7, 11) is 0. The van der Waals surface area contributed by atoms with Gasteiger partial charge in [0.1, 0.15) is 23.4 Å². The van der Waals surface area contributed by atoms with Crippen LogP contribution < -0.4 is 14.2 Å². The average molecular weight is 504 g/mol. The van der Waals surface area contributed by atoms with Crippen LogP contribution in [0, 0.1) is 0 Å². The number of ether oxygens (including phenoxy) is 3. The number of hydrogen-bond donors (Lipinski definition) is 1. The maximum atomic E-state index is 13.4. The SMILES string of the molecule is CCOc1ccc(C2/C(=C(\O)c3ccc4c(c3)CC(C)O4)C(=O)C(=O)N2Cc2ccco2)cc1OCC. The molecule has 0 radical (unpaired) electrons. The lowest BCUT2D eigenvalue weighted by Crippen LogP contribution is -2.29. The second kappa shape index (κ2) is 10.0. The van der Waals surface area contributed by atoms with Crippen molar-refractivity contribution in [1.82, 2.24) is 4.90 Å². The van der Waals surface area contributed by atoms with Gasteiger partial charge in [0.15, 0.2) is 11.5 Å². The predicted octanol–water partition coefficient (Wildman–Crippen LogP) is 5.02. The fraction of sp³-hybridized carbons (Fsp3) is 0.310. The van der Waals surface area contributed by atoms with E-state index in [1.807, 2.05) is 26.8 Å². The van der Waals surface area contributed by atoms with Crippen molar-refractivity contribution in [3.8, 4) is 17.2 Å². The summed E-state index contributed by atoms with van der Waals surface area (Å²) in [5.74, 6) is 0.620. The number of benzene rings is 2. The Labute approximate surface area is 215 Å². The summed E-state index contributed by atoms with van der Waals surface area (Å²) in [6.45, 7) is 6.64. The number of rotatable bonds is 8. The fourth-order valence-electron chi connectivity index (χ4n) is 4.92. The smallest absolute Gasteiger partial charge is 0.296 e. The molecule has 0 spiro atoms. The second-order valence-electron chi connectivity index (χ2n) is 9.03. The van der Waals surface area contributed by atoms with E-state index in [0.717, 1.165) is 11.3 Å². The van der Waals surface area contributed by atoms with Gasteiger partial charge in [0.2, 0.25) is 0 Å². The van der Waals surface area contributed by atoms with Crippen LogP contribution in [0.15, 0.2) is 64.8 Å². The largest absolute Gasteiger partial charge is 0.507 e. The van der Waals surface area contributed by atoms with Gasteiger partial charge in [-0.1, -0.05) is 6.07 Å². The van der Waals surface area contributed by atoms with Crippen LogP contribution in [-0.2, 0) is 22.6 Å². The van der Waals surface area contributed by atoms with Crippen LogP contribution in [0.25, 0.3) is 5.76 Å². The highest BCUT2D eigenvalue weighted by Gasteiger charge is 2.46. The highest BCUT2D eigenvalue weighted by molar-refractivity contribution is 6.46. The number of carbonyl (C=O) groups is 2. The Morgan fingerprint density at radius 3 is 2.57 bits per heavy atom. The van der Waals surface area contributed by atoms with E-state index in [0.29, 0.717) is 48.0 Å². The molecule has 3 heterocycles. The maximum Gasteiger partial charge on any atom is 0.296 e. The average Bonchev–Trinajstić information content (AvgIpc) is 3.59. The lowest BCUT2D eigenvalue weighted by atomic mass is 9.94. The summed E-state index contributed by atoms with van der Waals surface area (Å²) in [6.07, 6.45) is 2.24. The molecule has 1 amide bonds. The number of hydrogen-bond acceptors (Lipinski definition) is 7. The van der Waals surface area contributed by atoms with Crippen LogP contribution >= 0.6 is 0 Å². The minimum Gasteiger partial charge on any atom is -0.507 e. The van der Waals surface area contributed by atoms with Crippen LogP contribution in [0.2, 0.25) is 0 Å². The Morgan fingerprint density at radius 2 is 1.84 bits per heavy atom. The Morgan fingerprint density at radius 1 is 1.05 bits per heavy atom. The summed E-state index contributed by atoms with van der Waals surface area (Å²) in [5.41, 5.74) is 2.01.